The van der Waals surface area contributed by atoms with Crippen LogP contribution in [0.15, 0.2) is 41.3 Å². The minimum absolute atomic E-state index is 0.0477. The van der Waals surface area contributed by atoms with E-state index in [-0.39, 0.29) is 68.2 Å². The molecule has 3 N–H and O–H groups in total. The monoisotopic (exact) mass is 559 g/mol. The number of aliphatic hydroxyl groups excluding tert-OH is 1. The number of carbonyl (C=O) groups excluding carboxylic acids is 1. The van der Waals surface area contributed by atoms with Gasteiger partial charge in [0, 0.05) is 37.8 Å². The number of amides is 1. The van der Waals surface area contributed by atoms with Crippen LogP contribution in [0.2, 0.25) is 0 Å². The van der Waals surface area contributed by atoms with Crippen LogP contribution in [0.25, 0.3) is 10.9 Å². The van der Waals surface area contributed by atoms with Crippen LogP contribution in [-0.4, -0.2) is 76.5 Å². The Morgan fingerprint density at radius 3 is 2.50 bits per heavy atom. The van der Waals surface area contributed by atoms with E-state index in [9.17, 15) is 34.1 Å². The molecule has 40 heavy (non-hydrogen) atoms. The lowest BCUT2D eigenvalue weighted by molar-refractivity contribution is -0.0250. The van der Waals surface area contributed by atoms with Crippen molar-refractivity contribution in [2.24, 2.45) is 7.05 Å². The maximum atomic E-state index is 15.1. The van der Waals surface area contributed by atoms with Gasteiger partial charge in [-0.05, 0) is 37.1 Å². The summed E-state index contributed by atoms with van der Waals surface area (Å²) < 4.78 is 41.8. The Kier molecular flexibility index (Phi) is 7.10. The predicted molar refractivity (Wildman–Crippen MR) is 139 cm³/mol. The summed E-state index contributed by atoms with van der Waals surface area (Å²) in [6.07, 6.45) is 0.177. The van der Waals surface area contributed by atoms with E-state index in [1.807, 2.05) is 0 Å². The first-order valence-corrected chi connectivity index (χ1v) is 12.5. The van der Waals surface area contributed by atoms with Gasteiger partial charge in [-0.1, -0.05) is 0 Å². The van der Waals surface area contributed by atoms with Gasteiger partial charge in [-0.2, -0.15) is 0 Å². The van der Waals surface area contributed by atoms with Gasteiger partial charge in [0.2, 0.25) is 5.43 Å². The quantitative estimate of drug-likeness (QED) is 0.397. The molecule has 0 aliphatic carbocycles. The number of carboxylic acid groups (broad SMARTS) is 1. The molecule has 13 heteroatoms. The summed E-state index contributed by atoms with van der Waals surface area (Å²) in [6, 6.07) is 6.43. The van der Waals surface area contributed by atoms with Crippen molar-refractivity contribution in [3.8, 4) is 5.75 Å². The van der Waals surface area contributed by atoms with Crippen molar-refractivity contribution in [3.63, 3.8) is 0 Å². The molecule has 5 rings (SSSR count). The highest BCUT2D eigenvalue weighted by Crippen LogP contribution is 2.32. The number of anilines is 2. The molecule has 0 bridgehead atoms. The van der Waals surface area contributed by atoms with E-state index in [4.69, 9.17) is 9.47 Å². The molecule has 1 amide bonds. The van der Waals surface area contributed by atoms with Gasteiger partial charge < -0.3 is 34.3 Å². The molecule has 1 atom stereocenters. The highest BCUT2D eigenvalue weighted by molar-refractivity contribution is 5.93. The van der Waals surface area contributed by atoms with Crippen LogP contribution in [0.4, 0.5) is 25.0 Å². The second kappa shape index (κ2) is 10.4. The van der Waals surface area contributed by atoms with E-state index in [1.165, 1.54) is 33.9 Å². The summed E-state index contributed by atoms with van der Waals surface area (Å²) in [5, 5.41) is 29.4. The minimum atomic E-state index is -1.40. The second-order valence-electron chi connectivity index (χ2n) is 10.0. The molecule has 2 fully saturated rings. The maximum Gasteiger partial charge on any atom is 0.414 e. The molecule has 3 aromatic rings. The number of hydrogen-bond acceptors (Lipinski definition) is 8. The largest absolute Gasteiger partial charge is 0.488 e. The lowest BCUT2D eigenvalue weighted by Crippen LogP contribution is -2.48. The lowest BCUT2D eigenvalue weighted by atomic mass is 9.92. The molecule has 0 saturated carbocycles. The molecule has 0 radical (unpaired) electrons. The molecule has 2 aliphatic heterocycles. The van der Waals surface area contributed by atoms with Crippen molar-refractivity contribution in [1.29, 1.82) is 0 Å². The molecule has 2 aromatic carbocycles. The van der Waals surface area contributed by atoms with Crippen molar-refractivity contribution in [1.82, 2.24) is 4.57 Å². The zero-order chi connectivity index (χ0) is 28.8. The molecule has 0 unspecified atom stereocenters. The Bertz CT molecular complexity index is 1550. The zero-order valence-corrected chi connectivity index (χ0v) is 21.5. The van der Waals surface area contributed by atoms with Crippen molar-refractivity contribution < 1.29 is 43.2 Å². The van der Waals surface area contributed by atoms with Gasteiger partial charge in [0.05, 0.1) is 30.0 Å². The summed E-state index contributed by atoms with van der Waals surface area (Å²) in [6.45, 7) is 0.00941. The van der Waals surface area contributed by atoms with Gasteiger partial charge in [0.15, 0.2) is 11.6 Å². The SMILES string of the molecule is Cn1cc(C(=O)O)c(=O)c2cc(F)c(N3CCC(O)(COc4ccc(N5C[C@H](CO)OC5=O)cc4F)CC3)cc21. The first-order valence-electron chi connectivity index (χ1n) is 12.5. The molecule has 1 aromatic heterocycles. The number of carbonyl (C=O) groups is 2. The van der Waals surface area contributed by atoms with E-state index in [1.54, 1.807) is 11.9 Å². The van der Waals surface area contributed by atoms with Gasteiger partial charge in [0.1, 0.15) is 29.7 Å². The van der Waals surface area contributed by atoms with E-state index >= 15 is 4.39 Å². The molecule has 11 nitrogen and oxygen atoms in total. The third-order valence-electron chi connectivity index (χ3n) is 7.32. The lowest BCUT2D eigenvalue weighted by Gasteiger charge is -2.39. The third kappa shape index (κ3) is 5.05. The van der Waals surface area contributed by atoms with Gasteiger partial charge in [0.25, 0.3) is 0 Å². The van der Waals surface area contributed by atoms with E-state index < -0.39 is 46.4 Å². The van der Waals surface area contributed by atoms with Crippen molar-refractivity contribution in [2.75, 3.05) is 42.6 Å². The fourth-order valence-corrected chi connectivity index (χ4v) is 5.01. The number of halogens is 2. The Morgan fingerprint density at radius 2 is 1.88 bits per heavy atom. The van der Waals surface area contributed by atoms with E-state index in [2.05, 4.69) is 0 Å². The number of carboxylic acids is 1. The first-order chi connectivity index (χ1) is 19.0. The molecule has 2 aliphatic rings. The zero-order valence-electron chi connectivity index (χ0n) is 21.5. The second-order valence-corrected chi connectivity index (χ2v) is 10.0. The van der Waals surface area contributed by atoms with Gasteiger partial charge >= 0.3 is 12.1 Å². The number of fused-ring (bicyclic) bond motifs is 1. The topological polar surface area (TPSA) is 142 Å². The highest BCUT2D eigenvalue weighted by atomic mass is 19.1. The molecular formula is C27H27F2N3O8. The molecule has 2 saturated heterocycles. The van der Waals surface area contributed by atoms with Crippen LogP contribution in [0.3, 0.4) is 0 Å². The number of piperidine rings is 1. The fourth-order valence-electron chi connectivity index (χ4n) is 5.01. The fraction of sp³-hybridized carbons (Fsp3) is 0.370. The maximum absolute atomic E-state index is 15.1. The number of aromatic nitrogens is 1. The number of nitrogens with zero attached hydrogens (tertiary/aromatic N) is 3. The van der Waals surface area contributed by atoms with Gasteiger partial charge in [-0.3, -0.25) is 9.69 Å². The number of rotatable bonds is 7. The number of aryl methyl sites for hydroxylation is 1. The highest BCUT2D eigenvalue weighted by Gasteiger charge is 2.35. The third-order valence-corrected chi connectivity index (χ3v) is 7.32. The van der Waals surface area contributed by atoms with Crippen LogP contribution >= 0.6 is 0 Å². The summed E-state index contributed by atoms with van der Waals surface area (Å²) in [4.78, 5) is 38.7. The van der Waals surface area contributed by atoms with Crippen LogP contribution < -0.4 is 20.0 Å². The van der Waals surface area contributed by atoms with Gasteiger partial charge in [-0.15, -0.1) is 0 Å². The molecule has 3 heterocycles. The number of ether oxygens (including phenoxy) is 2. The van der Waals surface area contributed by atoms with Crippen LogP contribution in [0.5, 0.6) is 5.75 Å². The average molecular weight is 560 g/mol. The number of aromatic carboxylic acids is 1. The molecule has 0 spiro atoms. The molecular weight excluding hydrogens is 532 g/mol. The van der Waals surface area contributed by atoms with Crippen molar-refractivity contribution >= 4 is 34.3 Å². The number of pyridine rings is 1. The summed E-state index contributed by atoms with van der Waals surface area (Å²) in [5.74, 6) is -2.95. The normalized spacial score (nSPS) is 18.7. The van der Waals surface area contributed by atoms with Crippen molar-refractivity contribution in [3.05, 3.63) is 63.9 Å². The number of hydrogen-bond donors (Lipinski definition) is 3. The summed E-state index contributed by atoms with van der Waals surface area (Å²) in [5.41, 5.74) is -1.73. The number of benzene rings is 2. The molecule has 212 valence electrons. The average Bonchev–Trinajstić information content (AvgIpc) is 3.31. The van der Waals surface area contributed by atoms with Crippen LogP contribution in [0, 0.1) is 11.6 Å². The van der Waals surface area contributed by atoms with E-state index in [0.29, 0.717) is 5.52 Å². The Balaban J connectivity index is 1.25. The van der Waals surface area contributed by atoms with E-state index in [0.717, 1.165) is 12.1 Å². The predicted octanol–water partition coefficient (Wildman–Crippen LogP) is 2.24. The van der Waals surface area contributed by atoms with Crippen molar-refractivity contribution in [2.45, 2.75) is 24.5 Å². The minimum Gasteiger partial charge on any atom is -0.488 e. The standard InChI is InChI=1S/C27H27F2N3O8/c1-30-12-18(25(35)36)24(34)17-9-19(28)22(10-21(17)30)31-6-4-27(38,5-7-31)14-39-23-3-2-15(8-20(23)29)32-11-16(13-33)40-26(32)37/h2-3,8-10,12,16,33,38H,4-7,11,13-14H2,1H3,(H,35,36)/t16-/m1/s1. The Hall–Kier alpha value is -4.23. The van der Waals surface area contributed by atoms with Crippen LogP contribution in [-0.2, 0) is 11.8 Å². The smallest absolute Gasteiger partial charge is 0.414 e. The summed E-state index contributed by atoms with van der Waals surface area (Å²) >= 11 is 0. The Morgan fingerprint density at radius 1 is 1.15 bits per heavy atom. The first kappa shape index (κ1) is 27.3. The summed E-state index contributed by atoms with van der Waals surface area (Å²) in [7, 11) is 1.57. The number of cyclic esters (lactones) is 1. The van der Waals surface area contributed by atoms with Gasteiger partial charge in [-0.25, -0.2) is 18.4 Å². The van der Waals surface area contributed by atoms with Crippen LogP contribution in [0.1, 0.15) is 23.2 Å². The Labute approximate surface area is 226 Å². The number of aliphatic hydroxyl groups is 2.